The van der Waals surface area contributed by atoms with Gasteiger partial charge in [0.15, 0.2) is 0 Å². The van der Waals surface area contributed by atoms with Crippen LogP contribution in [0.3, 0.4) is 0 Å². The van der Waals surface area contributed by atoms with E-state index >= 15 is 0 Å². The van der Waals surface area contributed by atoms with Crippen molar-refractivity contribution in [3.63, 3.8) is 0 Å². The van der Waals surface area contributed by atoms with Gasteiger partial charge < -0.3 is 0 Å². The quantitative estimate of drug-likeness (QED) is 0.472. The molecule has 0 aliphatic carbocycles. The van der Waals surface area contributed by atoms with Gasteiger partial charge in [0.25, 0.3) is 0 Å². The summed E-state index contributed by atoms with van der Waals surface area (Å²) in [5.41, 5.74) is 2.67. The van der Waals surface area contributed by atoms with Gasteiger partial charge in [-0.15, -0.1) is 0 Å². The summed E-state index contributed by atoms with van der Waals surface area (Å²) in [6.07, 6.45) is 0. The summed E-state index contributed by atoms with van der Waals surface area (Å²) in [5.74, 6) is 1.86. The van der Waals surface area contributed by atoms with Gasteiger partial charge in [0.2, 0.25) is 0 Å². The third-order valence-electron chi connectivity index (χ3n) is 4.43. The summed E-state index contributed by atoms with van der Waals surface area (Å²) >= 11 is 0.122. The van der Waals surface area contributed by atoms with Crippen LogP contribution in [0.5, 0.6) is 17.2 Å². The number of ether oxygens (including phenoxy) is 1. The third-order valence-corrected chi connectivity index (χ3v) is 5.55. The van der Waals surface area contributed by atoms with Crippen LogP contribution < -0.4 is 7.38 Å². The van der Waals surface area contributed by atoms with Crippen molar-refractivity contribution in [2.24, 2.45) is 0 Å². The predicted octanol–water partition coefficient (Wildman–Crippen LogP) is 5.36. The molecule has 0 aromatic heterocycles. The topological polar surface area (TPSA) is 38.7 Å². The summed E-state index contributed by atoms with van der Waals surface area (Å²) in [6, 6.07) is 15.7. The Morgan fingerprint density at radius 2 is 1.72 bits per heavy atom. The van der Waals surface area contributed by atoms with Gasteiger partial charge in [-0.25, -0.2) is 0 Å². The van der Waals surface area contributed by atoms with Gasteiger partial charge in [-0.2, -0.15) is 0 Å². The van der Waals surface area contributed by atoms with E-state index in [1.54, 1.807) is 13.2 Å². The molecule has 0 aliphatic rings. The molecule has 0 bridgehead atoms. The van der Waals surface area contributed by atoms with Crippen molar-refractivity contribution in [3.05, 3.63) is 54.1 Å². The van der Waals surface area contributed by atoms with Crippen LogP contribution in [0, 0.1) is 0 Å². The van der Waals surface area contributed by atoms with E-state index in [1.807, 2.05) is 42.5 Å². The standard InChI is InChI=1S/C21H22O3.Hg/c1-21(2,3)17-12-14(24-4)11-16(20(17)23)19-15-8-6-5-7-13(15)9-10-18(19)22;/h5-12,22-23H,1-4H3;/q;+1/p-1. The zero-order chi connectivity index (χ0) is 18.2. The molecule has 3 aromatic rings. The predicted molar refractivity (Wildman–Crippen MR) is 96.9 cm³/mol. The van der Waals surface area contributed by atoms with Gasteiger partial charge in [0.05, 0.1) is 0 Å². The minimum absolute atomic E-state index is 0.0990. The van der Waals surface area contributed by atoms with E-state index in [2.05, 4.69) is 20.8 Å². The van der Waals surface area contributed by atoms with Crippen LogP contribution in [0.25, 0.3) is 21.9 Å². The number of benzene rings is 3. The molecule has 0 fully saturated rings. The van der Waals surface area contributed by atoms with E-state index in [0.29, 0.717) is 0 Å². The van der Waals surface area contributed by atoms with Crippen LogP contribution in [-0.4, -0.2) is 12.2 Å². The van der Waals surface area contributed by atoms with Crippen molar-refractivity contribution < 1.29 is 39.1 Å². The molecule has 0 atom stereocenters. The van der Waals surface area contributed by atoms with Crippen molar-refractivity contribution in [2.45, 2.75) is 26.2 Å². The molecule has 125 valence electrons. The van der Waals surface area contributed by atoms with Crippen LogP contribution in [0.4, 0.5) is 0 Å². The Balaban J connectivity index is 2.44. The first-order chi connectivity index (χ1) is 11.9. The van der Waals surface area contributed by atoms with E-state index in [0.717, 1.165) is 39.0 Å². The molecule has 3 nitrogen and oxygen atoms in total. The molecular formula is C21H21HgO3. The second kappa shape index (κ2) is 6.87. The molecule has 0 heterocycles. The van der Waals surface area contributed by atoms with Gasteiger partial charge in [0, 0.05) is 0 Å². The second-order valence-corrected chi connectivity index (χ2v) is 8.25. The van der Waals surface area contributed by atoms with Crippen molar-refractivity contribution in [1.29, 1.82) is 0 Å². The number of fused-ring (bicyclic) bond motifs is 1. The molecule has 1 N–H and O–H groups in total. The Labute approximate surface area is 165 Å². The molecule has 4 heteroatoms. The number of rotatable bonds is 3. The Bertz CT molecular complexity index is 926. The zero-order valence-electron chi connectivity index (χ0n) is 15.1. The molecule has 3 rings (SSSR count). The van der Waals surface area contributed by atoms with Crippen LogP contribution in [0.2, 0.25) is 0 Å². The monoisotopic (exact) mass is 523 g/mol. The van der Waals surface area contributed by atoms with Gasteiger partial charge >= 0.3 is 166 Å². The van der Waals surface area contributed by atoms with Crippen molar-refractivity contribution in [3.8, 4) is 28.4 Å². The maximum atomic E-state index is 10.7. The van der Waals surface area contributed by atoms with Crippen molar-refractivity contribution in [2.75, 3.05) is 7.11 Å². The number of methoxy groups -OCH3 is 1. The zero-order valence-corrected chi connectivity index (χ0v) is 20.6. The number of hydrogen-bond donors (Lipinski definition) is 1. The molecule has 0 radical (unpaired) electrons. The van der Waals surface area contributed by atoms with E-state index in [4.69, 9.17) is 7.38 Å². The number of aromatic hydroxyl groups is 1. The Hall–Kier alpha value is -1.74. The fourth-order valence-corrected chi connectivity index (χ4v) is 4.37. The van der Waals surface area contributed by atoms with Gasteiger partial charge in [-0.1, -0.05) is 0 Å². The van der Waals surface area contributed by atoms with Gasteiger partial charge in [0.1, 0.15) is 0 Å². The number of hydrogen-bond acceptors (Lipinski definition) is 3. The molecule has 25 heavy (non-hydrogen) atoms. The number of phenols is 1. The average molecular weight is 522 g/mol. The first-order valence-electron chi connectivity index (χ1n) is 8.22. The fourth-order valence-electron chi connectivity index (χ4n) is 3.16. The number of phenolic OH excluding ortho intramolecular Hbond substituents is 1. The van der Waals surface area contributed by atoms with Gasteiger partial charge in [-0.05, 0) is 0 Å². The molecule has 0 amide bonds. The first kappa shape index (κ1) is 18.1. The Morgan fingerprint density at radius 3 is 2.36 bits per heavy atom. The SMILES string of the molecule is COc1cc(-c2c(O)ccc3ccccc23)c([O][Hg])c(C(C)(C)C)c1. The molecule has 0 unspecified atom stereocenters. The maximum absolute atomic E-state index is 10.7. The molecule has 0 aliphatic heterocycles. The van der Waals surface area contributed by atoms with E-state index in [1.165, 1.54) is 0 Å². The normalized spacial score (nSPS) is 11.6. The molecular weight excluding hydrogens is 501 g/mol. The molecule has 3 aromatic carbocycles. The molecule has 0 spiro atoms. The summed E-state index contributed by atoms with van der Waals surface area (Å²) in [6.45, 7) is 6.47. The van der Waals surface area contributed by atoms with Crippen LogP contribution in [-0.2, 0) is 32.0 Å². The van der Waals surface area contributed by atoms with E-state index < -0.39 is 0 Å². The van der Waals surface area contributed by atoms with E-state index in [9.17, 15) is 5.11 Å². The molecule has 0 saturated heterocycles. The van der Waals surface area contributed by atoms with Crippen molar-refractivity contribution in [1.82, 2.24) is 0 Å². The second-order valence-electron chi connectivity index (χ2n) is 7.13. The van der Waals surface area contributed by atoms with Gasteiger partial charge in [-0.3, -0.25) is 0 Å². The van der Waals surface area contributed by atoms with Crippen LogP contribution in [0.1, 0.15) is 26.3 Å². The minimum atomic E-state index is -0.0990. The van der Waals surface area contributed by atoms with E-state index in [-0.39, 0.29) is 37.7 Å². The van der Waals surface area contributed by atoms with Crippen LogP contribution >= 0.6 is 0 Å². The third kappa shape index (κ3) is 3.34. The molecule has 0 saturated carbocycles. The summed E-state index contributed by atoms with van der Waals surface area (Å²) < 4.78 is 11.5. The summed E-state index contributed by atoms with van der Waals surface area (Å²) in [5, 5.41) is 12.7. The Kier molecular flexibility index (Phi) is 4.96. The first-order valence-corrected chi connectivity index (χ1v) is 10.5. The van der Waals surface area contributed by atoms with Crippen molar-refractivity contribution >= 4 is 10.8 Å². The summed E-state index contributed by atoms with van der Waals surface area (Å²) in [7, 11) is 1.67. The summed E-state index contributed by atoms with van der Waals surface area (Å²) in [4.78, 5) is 0. The fraction of sp³-hybridized carbons (Fsp3) is 0.238. The Morgan fingerprint density at radius 1 is 1.00 bits per heavy atom. The van der Waals surface area contributed by atoms with Crippen LogP contribution in [0.15, 0.2) is 48.5 Å². The average Bonchev–Trinajstić information content (AvgIpc) is 2.59.